The normalized spacial score (nSPS) is 39.7. The summed E-state index contributed by atoms with van der Waals surface area (Å²) in [6.45, 7) is 4.55. The van der Waals surface area contributed by atoms with Crippen LogP contribution in [0.1, 0.15) is 58.8 Å². The zero-order chi connectivity index (χ0) is 23.5. The number of ketones is 1. The van der Waals surface area contributed by atoms with Crippen LogP contribution in [0.25, 0.3) is 0 Å². The third-order valence-corrected chi connectivity index (χ3v) is 9.99. The topological polar surface area (TPSA) is 89.3 Å². The average Bonchev–Trinajstić information content (AvgIpc) is 3.16. The van der Waals surface area contributed by atoms with E-state index in [-0.39, 0.29) is 47.2 Å². The number of primary amides is 1. The highest BCUT2D eigenvalue weighted by atomic mass is 35.5. The Bertz CT molecular complexity index is 1030. The van der Waals surface area contributed by atoms with E-state index in [1.165, 1.54) is 12.8 Å². The molecule has 0 saturated heterocycles. The predicted molar refractivity (Wildman–Crippen MR) is 128 cm³/mol. The van der Waals surface area contributed by atoms with Gasteiger partial charge in [0.2, 0.25) is 11.8 Å². The van der Waals surface area contributed by atoms with Gasteiger partial charge in [-0.3, -0.25) is 14.4 Å². The van der Waals surface area contributed by atoms with Gasteiger partial charge < -0.3 is 11.1 Å². The van der Waals surface area contributed by atoms with Crippen molar-refractivity contribution in [3.63, 3.8) is 0 Å². The van der Waals surface area contributed by atoms with Crippen LogP contribution >= 0.6 is 11.6 Å². The van der Waals surface area contributed by atoms with Crippen molar-refractivity contribution in [2.24, 2.45) is 46.2 Å². The molecule has 0 radical (unpaired) electrons. The van der Waals surface area contributed by atoms with E-state index in [0.29, 0.717) is 23.0 Å². The average molecular weight is 469 g/mol. The highest BCUT2D eigenvalue weighted by Crippen LogP contribution is 2.67. The highest BCUT2D eigenvalue weighted by molar-refractivity contribution is 6.30. The molecule has 1 aromatic carbocycles. The summed E-state index contributed by atoms with van der Waals surface area (Å²) < 4.78 is 0. The Labute approximate surface area is 200 Å². The van der Waals surface area contributed by atoms with E-state index < -0.39 is 11.3 Å². The van der Waals surface area contributed by atoms with E-state index in [0.717, 1.165) is 24.8 Å². The van der Waals surface area contributed by atoms with Crippen LogP contribution in [0.4, 0.5) is 5.69 Å². The third-order valence-electron chi connectivity index (χ3n) is 9.74. The fourth-order valence-electron chi connectivity index (χ4n) is 8.06. The lowest BCUT2D eigenvalue weighted by molar-refractivity contribution is -0.144. The molecule has 3 N–H and O–H groups in total. The number of fused-ring (bicyclic) bond motifs is 5. The van der Waals surface area contributed by atoms with E-state index in [4.69, 9.17) is 17.3 Å². The van der Waals surface area contributed by atoms with Crippen molar-refractivity contribution in [1.29, 1.82) is 0 Å². The van der Waals surface area contributed by atoms with Gasteiger partial charge in [-0.2, -0.15) is 0 Å². The number of carbonyl (C=O) groups excluding carboxylic acids is 3. The molecule has 5 rings (SSSR count). The van der Waals surface area contributed by atoms with Gasteiger partial charge in [-0.15, -0.1) is 0 Å². The molecule has 0 aromatic heterocycles. The molecule has 6 heteroatoms. The van der Waals surface area contributed by atoms with E-state index in [2.05, 4.69) is 19.2 Å². The Morgan fingerprint density at radius 3 is 2.48 bits per heavy atom. The van der Waals surface area contributed by atoms with Gasteiger partial charge in [0.1, 0.15) is 0 Å². The molecule has 0 bridgehead atoms. The first kappa shape index (κ1) is 22.6. The van der Waals surface area contributed by atoms with Crippen molar-refractivity contribution < 1.29 is 14.4 Å². The van der Waals surface area contributed by atoms with Crippen molar-refractivity contribution in [2.75, 3.05) is 5.32 Å². The second-order valence-electron chi connectivity index (χ2n) is 11.3. The van der Waals surface area contributed by atoms with Crippen LogP contribution in [-0.4, -0.2) is 17.6 Å². The predicted octanol–water partition coefficient (Wildman–Crippen LogP) is 5.14. The monoisotopic (exact) mass is 468 g/mol. The van der Waals surface area contributed by atoms with Crippen LogP contribution in [0.5, 0.6) is 0 Å². The number of anilines is 1. The smallest absolute Gasteiger partial charge is 0.228 e. The Balaban J connectivity index is 1.54. The summed E-state index contributed by atoms with van der Waals surface area (Å²) in [5.41, 5.74) is 7.38. The maximum absolute atomic E-state index is 13.6. The summed E-state index contributed by atoms with van der Waals surface area (Å²) in [7, 11) is 0. The standard InChI is InChI=1S/C27H33ClN2O3/c1-26-10-3-4-20(26)23-19(24(29)32)13-15-12-18(31)14-22(27(15,2)21(23)9-11-26)25(33)30-17-7-5-16(28)6-8-17/h5-8,12,19-23H,3-4,9-11,13-14H2,1-2H3,(H2,29,32)(H,30,33)/t19?,20-,21+,22?,23-,26-,27-/m0/s1. The van der Waals surface area contributed by atoms with Crippen LogP contribution in [0.15, 0.2) is 35.9 Å². The van der Waals surface area contributed by atoms with Gasteiger partial charge in [-0.05, 0) is 85.6 Å². The van der Waals surface area contributed by atoms with Gasteiger partial charge in [0.15, 0.2) is 5.78 Å². The number of halogens is 1. The summed E-state index contributed by atoms with van der Waals surface area (Å²) in [6, 6.07) is 7.04. The molecular weight excluding hydrogens is 436 g/mol. The van der Waals surface area contributed by atoms with Gasteiger partial charge in [-0.1, -0.05) is 37.4 Å². The lowest BCUT2D eigenvalue weighted by Crippen LogP contribution is -2.59. The molecule has 3 fully saturated rings. The third kappa shape index (κ3) is 3.54. The van der Waals surface area contributed by atoms with Crippen LogP contribution in [0, 0.1) is 40.4 Å². The molecule has 5 nitrogen and oxygen atoms in total. The number of hydrogen-bond acceptors (Lipinski definition) is 3. The molecule has 33 heavy (non-hydrogen) atoms. The molecule has 0 aliphatic heterocycles. The maximum atomic E-state index is 13.6. The molecule has 2 unspecified atom stereocenters. The number of hydrogen-bond donors (Lipinski definition) is 2. The van der Waals surface area contributed by atoms with E-state index in [1.54, 1.807) is 30.3 Å². The Morgan fingerprint density at radius 1 is 1.06 bits per heavy atom. The first-order valence-corrected chi connectivity index (χ1v) is 12.6. The molecule has 0 heterocycles. The zero-order valence-corrected chi connectivity index (χ0v) is 20.2. The quantitative estimate of drug-likeness (QED) is 0.643. The number of benzene rings is 1. The van der Waals surface area contributed by atoms with Crippen molar-refractivity contribution in [3.05, 3.63) is 40.9 Å². The molecule has 4 aliphatic rings. The molecule has 2 amide bonds. The minimum atomic E-state index is -0.465. The summed E-state index contributed by atoms with van der Waals surface area (Å²) in [5, 5.41) is 3.64. The van der Waals surface area contributed by atoms with Crippen molar-refractivity contribution in [1.82, 2.24) is 0 Å². The van der Waals surface area contributed by atoms with E-state index >= 15 is 0 Å². The summed E-state index contributed by atoms with van der Waals surface area (Å²) in [6.07, 6.45) is 8.00. The van der Waals surface area contributed by atoms with Crippen LogP contribution in [-0.2, 0) is 14.4 Å². The largest absolute Gasteiger partial charge is 0.369 e. The summed E-state index contributed by atoms with van der Waals surface area (Å²) in [4.78, 5) is 39.0. The Kier molecular flexibility index (Phi) is 5.47. The van der Waals surface area contributed by atoms with Gasteiger partial charge in [0, 0.05) is 28.5 Å². The summed E-state index contributed by atoms with van der Waals surface area (Å²) >= 11 is 6.00. The Hall–Kier alpha value is -2.14. The number of carbonyl (C=O) groups is 3. The maximum Gasteiger partial charge on any atom is 0.228 e. The molecule has 0 spiro atoms. The number of amides is 2. The van der Waals surface area contributed by atoms with Crippen molar-refractivity contribution in [3.8, 4) is 0 Å². The minimum Gasteiger partial charge on any atom is -0.369 e. The van der Waals surface area contributed by atoms with Gasteiger partial charge >= 0.3 is 0 Å². The molecule has 7 atom stereocenters. The lowest BCUT2D eigenvalue weighted by Gasteiger charge is -2.60. The second-order valence-corrected chi connectivity index (χ2v) is 11.7. The fourth-order valence-corrected chi connectivity index (χ4v) is 8.18. The first-order chi connectivity index (χ1) is 15.6. The SMILES string of the molecule is C[C@@]12CCC[C@H]1[C@@H]1C(C(N)=O)CC3=CC(=O)CC(C(=O)Nc4ccc(Cl)cc4)[C@]3(C)[C@@H]1CC2. The van der Waals surface area contributed by atoms with Gasteiger partial charge in [-0.25, -0.2) is 0 Å². The second kappa shape index (κ2) is 7.97. The first-order valence-electron chi connectivity index (χ1n) is 12.2. The lowest BCUT2D eigenvalue weighted by atomic mass is 9.43. The number of allylic oxidation sites excluding steroid dienone is 1. The van der Waals surface area contributed by atoms with Crippen LogP contribution < -0.4 is 11.1 Å². The zero-order valence-electron chi connectivity index (χ0n) is 19.4. The van der Waals surface area contributed by atoms with Crippen molar-refractivity contribution >= 4 is 34.9 Å². The van der Waals surface area contributed by atoms with Crippen LogP contribution in [0.3, 0.4) is 0 Å². The molecular formula is C27H33ClN2O3. The van der Waals surface area contributed by atoms with Gasteiger partial charge in [0.05, 0.1) is 5.92 Å². The number of nitrogens with two attached hydrogens (primary N) is 1. The molecule has 1 aromatic rings. The Morgan fingerprint density at radius 2 is 1.79 bits per heavy atom. The highest BCUT2D eigenvalue weighted by Gasteiger charge is 2.63. The van der Waals surface area contributed by atoms with Gasteiger partial charge in [0.25, 0.3) is 0 Å². The fraction of sp³-hybridized carbons (Fsp3) is 0.593. The summed E-state index contributed by atoms with van der Waals surface area (Å²) in [5.74, 6) is -0.369. The van der Waals surface area contributed by atoms with Crippen molar-refractivity contribution in [2.45, 2.75) is 58.8 Å². The molecule has 176 valence electrons. The molecule has 4 aliphatic carbocycles. The molecule has 3 saturated carbocycles. The number of nitrogens with one attached hydrogen (secondary N) is 1. The minimum absolute atomic E-state index is 0.0399. The van der Waals surface area contributed by atoms with Crippen LogP contribution in [0.2, 0.25) is 5.02 Å². The van der Waals surface area contributed by atoms with E-state index in [1.807, 2.05) is 0 Å². The van der Waals surface area contributed by atoms with E-state index in [9.17, 15) is 14.4 Å². The number of rotatable bonds is 3.